The molecule has 7 nitrogen and oxygen atoms in total. The first-order valence-electron chi connectivity index (χ1n) is 12.5. The van der Waals surface area contributed by atoms with Crippen molar-refractivity contribution in [2.24, 2.45) is 13.0 Å². The summed E-state index contributed by atoms with van der Waals surface area (Å²) >= 11 is 0. The van der Waals surface area contributed by atoms with Gasteiger partial charge in [-0.15, -0.1) is 6.58 Å². The molecule has 1 aliphatic carbocycles. The number of fused-ring (bicyclic) bond motifs is 2. The number of imidazole rings is 1. The molecule has 2 aliphatic rings. The van der Waals surface area contributed by atoms with Crippen LogP contribution < -0.4 is 4.74 Å². The summed E-state index contributed by atoms with van der Waals surface area (Å²) in [5.74, 6) is 2.21. The topological polar surface area (TPSA) is 65.2 Å². The first-order valence-corrected chi connectivity index (χ1v) is 12.5. The predicted octanol–water partition coefficient (Wildman–Crippen LogP) is 5.19. The monoisotopic (exact) mass is 469 g/mol. The predicted molar refractivity (Wildman–Crippen MR) is 138 cm³/mol. The fourth-order valence-corrected chi connectivity index (χ4v) is 5.45. The molecule has 1 amide bonds. The summed E-state index contributed by atoms with van der Waals surface area (Å²) in [4.78, 5) is 25.2. The van der Waals surface area contributed by atoms with E-state index in [1.165, 1.54) is 12.8 Å². The highest BCUT2D eigenvalue weighted by atomic mass is 16.5. The molecular weight excluding hydrogens is 438 g/mol. The van der Waals surface area contributed by atoms with Crippen LogP contribution in [0.1, 0.15) is 42.5 Å². The normalized spacial score (nSPS) is 18.3. The molecule has 0 N–H and O–H groups in total. The van der Waals surface area contributed by atoms with E-state index in [9.17, 15) is 4.79 Å². The van der Waals surface area contributed by atoms with E-state index in [2.05, 4.69) is 32.8 Å². The second kappa shape index (κ2) is 8.56. The number of ether oxygens (including phenoxy) is 1. The number of nitrogens with zero attached hydrogens (tertiary/aromatic N) is 5. The number of rotatable bonds is 6. The summed E-state index contributed by atoms with van der Waals surface area (Å²) in [5.41, 5.74) is 4.28. The van der Waals surface area contributed by atoms with Gasteiger partial charge in [0.1, 0.15) is 16.9 Å². The van der Waals surface area contributed by atoms with Crippen molar-refractivity contribution in [2.45, 2.75) is 44.7 Å². The number of likely N-dealkylation sites (tertiary alicyclic amines) is 1. The molecule has 1 saturated heterocycles. The highest BCUT2D eigenvalue weighted by molar-refractivity contribution is 6.00. The number of piperidine rings is 1. The fourth-order valence-electron chi connectivity index (χ4n) is 5.45. The fraction of sp³-hybridized carbons (Fsp3) is 0.393. The third kappa shape index (κ3) is 3.70. The number of benzene rings is 1. The van der Waals surface area contributed by atoms with Gasteiger partial charge in [-0.25, -0.2) is 9.97 Å². The summed E-state index contributed by atoms with van der Waals surface area (Å²) < 4.78 is 10.2. The van der Waals surface area contributed by atoms with E-state index >= 15 is 0 Å². The summed E-state index contributed by atoms with van der Waals surface area (Å²) in [6.07, 6.45) is 9.35. The van der Waals surface area contributed by atoms with Gasteiger partial charge in [-0.3, -0.25) is 4.79 Å². The Balaban J connectivity index is 1.48. The van der Waals surface area contributed by atoms with Crippen molar-refractivity contribution in [2.75, 3.05) is 13.7 Å². The summed E-state index contributed by atoms with van der Waals surface area (Å²) in [6, 6.07) is 10.1. The van der Waals surface area contributed by atoms with Gasteiger partial charge in [-0.1, -0.05) is 6.08 Å². The standard InChI is InChI=1S/C28H31N5O2/c1-4-21-9-5-6-13-32(21)28(34)20-14-22-25(24(16-20)35-3)31(2)27(30-22)23-15-19-8-7-12-29-26(19)33(23)17-18-10-11-18/h4,7-8,12,14-16,18,21H,1,5-6,9-11,13,17H2,2-3H3/t21-/m1/s1. The van der Waals surface area contributed by atoms with Crippen molar-refractivity contribution in [1.82, 2.24) is 24.0 Å². The van der Waals surface area contributed by atoms with E-state index in [1.807, 2.05) is 42.4 Å². The van der Waals surface area contributed by atoms with Gasteiger partial charge in [0.2, 0.25) is 0 Å². The molecule has 1 saturated carbocycles. The molecule has 1 atom stereocenters. The molecule has 1 aliphatic heterocycles. The van der Waals surface area contributed by atoms with Gasteiger partial charge in [0, 0.05) is 37.3 Å². The molecule has 1 aromatic carbocycles. The van der Waals surface area contributed by atoms with Crippen LogP contribution in [0.4, 0.5) is 0 Å². The first kappa shape index (κ1) is 21.9. The minimum absolute atomic E-state index is 0.00838. The molecule has 0 spiro atoms. The maximum atomic E-state index is 13.5. The van der Waals surface area contributed by atoms with E-state index in [0.29, 0.717) is 17.2 Å². The molecule has 6 rings (SSSR count). The van der Waals surface area contributed by atoms with Gasteiger partial charge in [0.05, 0.1) is 24.4 Å². The Hall–Kier alpha value is -3.61. The number of aromatic nitrogens is 4. The zero-order valence-corrected chi connectivity index (χ0v) is 20.4. The Morgan fingerprint density at radius 1 is 1.23 bits per heavy atom. The van der Waals surface area contributed by atoms with Gasteiger partial charge in [-0.2, -0.15) is 0 Å². The zero-order valence-electron chi connectivity index (χ0n) is 20.4. The second-order valence-corrected chi connectivity index (χ2v) is 9.84. The number of hydrogen-bond acceptors (Lipinski definition) is 4. The summed E-state index contributed by atoms with van der Waals surface area (Å²) in [5, 5.41) is 1.11. The van der Waals surface area contributed by atoms with Gasteiger partial charge < -0.3 is 18.8 Å². The number of pyridine rings is 1. The van der Waals surface area contributed by atoms with Gasteiger partial charge in [0.15, 0.2) is 5.82 Å². The van der Waals surface area contributed by atoms with Crippen molar-refractivity contribution in [1.29, 1.82) is 0 Å². The third-order valence-corrected chi connectivity index (χ3v) is 7.51. The molecule has 3 aromatic heterocycles. The van der Waals surface area contributed by atoms with Gasteiger partial charge >= 0.3 is 0 Å². The molecule has 7 heteroatoms. The molecular formula is C28H31N5O2. The zero-order chi connectivity index (χ0) is 24.1. The quantitative estimate of drug-likeness (QED) is 0.365. The van der Waals surface area contributed by atoms with Crippen molar-refractivity contribution >= 4 is 28.0 Å². The maximum Gasteiger partial charge on any atom is 0.254 e. The summed E-state index contributed by atoms with van der Waals surface area (Å²) in [6.45, 7) is 5.64. The van der Waals surface area contributed by atoms with Crippen molar-refractivity contribution < 1.29 is 9.53 Å². The smallest absolute Gasteiger partial charge is 0.254 e. The van der Waals surface area contributed by atoms with Crippen molar-refractivity contribution in [3.05, 3.63) is 54.7 Å². The minimum Gasteiger partial charge on any atom is -0.494 e. The van der Waals surface area contributed by atoms with Gasteiger partial charge in [0.25, 0.3) is 5.91 Å². The third-order valence-electron chi connectivity index (χ3n) is 7.51. The van der Waals surface area contributed by atoms with Crippen LogP contribution >= 0.6 is 0 Å². The number of aryl methyl sites for hydroxylation is 1. The van der Waals surface area contributed by atoms with E-state index in [-0.39, 0.29) is 11.9 Å². The average Bonchev–Trinajstić information content (AvgIpc) is 3.56. The van der Waals surface area contributed by atoms with Crippen LogP contribution in [0.15, 0.2) is 49.2 Å². The highest BCUT2D eigenvalue weighted by Crippen LogP contribution is 2.37. The highest BCUT2D eigenvalue weighted by Gasteiger charge is 2.29. The van der Waals surface area contributed by atoms with Crippen molar-refractivity contribution in [3.63, 3.8) is 0 Å². The minimum atomic E-state index is 0.00838. The molecule has 4 heterocycles. The maximum absolute atomic E-state index is 13.5. The van der Waals surface area contributed by atoms with E-state index in [0.717, 1.165) is 65.9 Å². The lowest BCUT2D eigenvalue weighted by atomic mass is 10.0. The average molecular weight is 470 g/mol. The lowest BCUT2D eigenvalue weighted by molar-refractivity contribution is 0.0664. The van der Waals surface area contributed by atoms with Gasteiger partial charge in [-0.05, 0) is 68.4 Å². The number of methoxy groups -OCH3 is 1. The Morgan fingerprint density at radius 2 is 2.09 bits per heavy atom. The lowest BCUT2D eigenvalue weighted by Crippen LogP contribution is -2.42. The van der Waals surface area contributed by atoms with Crippen molar-refractivity contribution in [3.8, 4) is 17.3 Å². The Morgan fingerprint density at radius 3 is 2.86 bits per heavy atom. The Bertz CT molecular complexity index is 1440. The van der Waals surface area contributed by atoms with Crippen LogP contribution in [-0.4, -0.2) is 49.6 Å². The number of amides is 1. The number of carbonyl (C=O) groups is 1. The Labute approximate surface area is 205 Å². The molecule has 0 radical (unpaired) electrons. The molecule has 0 unspecified atom stereocenters. The largest absolute Gasteiger partial charge is 0.494 e. The van der Waals surface area contributed by atoms with Crippen LogP contribution in [0.25, 0.3) is 33.6 Å². The second-order valence-electron chi connectivity index (χ2n) is 9.84. The molecule has 35 heavy (non-hydrogen) atoms. The van der Waals surface area contributed by atoms with Crippen LogP contribution in [0.5, 0.6) is 5.75 Å². The lowest BCUT2D eigenvalue weighted by Gasteiger charge is -2.34. The van der Waals surface area contributed by atoms with Crippen LogP contribution in [0, 0.1) is 5.92 Å². The van der Waals surface area contributed by atoms with Crippen LogP contribution in [0.2, 0.25) is 0 Å². The van der Waals surface area contributed by atoms with E-state index < -0.39 is 0 Å². The summed E-state index contributed by atoms with van der Waals surface area (Å²) in [7, 11) is 3.66. The number of hydrogen-bond donors (Lipinski definition) is 0. The molecule has 2 fully saturated rings. The Kier molecular flexibility index (Phi) is 5.35. The van der Waals surface area contributed by atoms with E-state index in [1.54, 1.807) is 7.11 Å². The molecule has 180 valence electrons. The molecule has 4 aromatic rings. The molecule has 0 bridgehead atoms. The van der Waals surface area contributed by atoms with E-state index in [4.69, 9.17) is 9.72 Å². The van der Waals surface area contributed by atoms with Crippen LogP contribution in [0.3, 0.4) is 0 Å². The number of carbonyl (C=O) groups excluding carboxylic acids is 1. The van der Waals surface area contributed by atoms with Crippen LogP contribution in [-0.2, 0) is 13.6 Å². The SMILES string of the molecule is C=C[C@@H]1CCCCN1C(=O)c1cc(OC)c2c(c1)nc(-c1cc3cccnc3n1CC1CC1)n2C. The first-order chi connectivity index (χ1) is 17.1.